The minimum Gasteiger partial charge on any atom is -0.490 e. The number of benzene rings is 2. The fraction of sp³-hybridized carbons (Fsp3) is 0.450. The number of ether oxygens (including phenoxy) is 4. The Morgan fingerprint density at radius 3 is 2.48 bits per heavy atom. The summed E-state index contributed by atoms with van der Waals surface area (Å²) in [7, 11) is 1.38. The van der Waals surface area contributed by atoms with Gasteiger partial charge in [0.2, 0.25) is 0 Å². The molecule has 5 heterocycles. The molecule has 50 heavy (non-hydrogen) atoms. The van der Waals surface area contributed by atoms with E-state index in [0.717, 1.165) is 52.6 Å². The number of esters is 1. The number of nitrogens with zero attached hydrogens (tertiary/aromatic N) is 3. The van der Waals surface area contributed by atoms with Gasteiger partial charge in [-0.25, -0.2) is 18.6 Å². The second kappa shape index (κ2) is 13.8. The fourth-order valence-electron chi connectivity index (χ4n) is 6.90. The van der Waals surface area contributed by atoms with Crippen LogP contribution in [0.1, 0.15) is 76.7 Å². The minimum atomic E-state index is -0.991. The van der Waals surface area contributed by atoms with Crippen LogP contribution in [0, 0.1) is 25.5 Å². The highest BCUT2D eigenvalue weighted by molar-refractivity contribution is 5.82. The molecule has 1 fully saturated rings. The van der Waals surface area contributed by atoms with Crippen molar-refractivity contribution in [3.05, 3.63) is 83.1 Å². The summed E-state index contributed by atoms with van der Waals surface area (Å²) in [5.74, 6) is -0.971. The minimum absolute atomic E-state index is 0.130. The quantitative estimate of drug-likeness (QED) is 0.158. The second-order valence-corrected chi connectivity index (χ2v) is 14.7. The molecule has 0 aliphatic carbocycles. The van der Waals surface area contributed by atoms with Gasteiger partial charge in [0, 0.05) is 49.0 Å². The lowest BCUT2D eigenvalue weighted by molar-refractivity contribution is -0.164. The van der Waals surface area contributed by atoms with Crippen LogP contribution < -0.4 is 9.64 Å². The molecule has 0 unspecified atom stereocenters. The number of halogens is 2. The summed E-state index contributed by atoms with van der Waals surface area (Å²) in [6, 6.07) is 9.49. The average molecular weight is 688 g/mol. The molecule has 1 saturated heterocycles. The van der Waals surface area contributed by atoms with Crippen LogP contribution in [0.5, 0.6) is 5.75 Å². The van der Waals surface area contributed by atoms with Gasteiger partial charge >= 0.3 is 5.97 Å². The lowest BCUT2D eigenvalue weighted by atomic mass is 9.92. The van der Waals surface area contributed by atoms with Crippen molar-refractivity contribution in [3.8, 4) is 28.1 Å². The molecule has 0 N–H and O–H groups in total. The number of carbonyl (C=O) groups is 1. The number of piperidine rings is 1. The van der Waals surface area contributed by atoms with Crippen molar-refractivity contribution >= 4 is 17.4 Å². The van der Waals surface area contributed by atoms with E-state index in [-0.39, 0.29) is 23.0 Å². The maximum absolute atomic E-state index is 15.6. The number of aryl methyl sites for hydroxylation is 1. The molecule has 0 amide bonds. The summed E-state index contributed by atoms with van der Waals surface area (Å²) >= 11 is 0. The number of aromatic nitrogens is 2. The predicted octanol–water partition coefficient (Wildman–Crippen LogP) is 8.70. The largest absolute Gasteiger partial charge is 0.490 e. The number of methoxy groups -OCH3 is 1. The smallest absolute Gasteiger partial charge is 0.339 e. The number of rotatable bonds is 3. The standard InChI is InChI=1S/C40H47F2N3O5/c1-24-12-9-10-19-48-40(7)15-17-44(18-16-40)37-33(35(38(46)47-8)50-39(4,5)6)25(2)26(3)36-43-31(23-45(36)37)27-13-11-14-28(20-27)34-30(42)21-29(41)22-32(34)49-24/h9-11,13-14,20-24,35H,12,15-19H2,1-8H3/b10-9-/t24-,35-/m0/s1. The second-order valence-electron chi connectivity index (χ2n) is 14.7. The zero-order chi connectivity index (χ0) is 36.0. The number of anilines is 1. The third kappa shape index (κ3) is 7.14. The van der Waals surface area contributed by atoms with E-state index in [0.29, 0.717) is 37.4 Å². The van der Waals surface area contributed by atoms with E-state index >= 15 is 4.39 Å². The normalized spacial score (nSPS) is 21.1. The van der Waals surface area contributed by atoms with Crippen molar-refractivity contribution in [3.63, 3.8) is 0 Å². The highest BCUT2D eigenvalue weighted by atomic mass is 19.1. The Morgan fingerprint density at radius 2 is 1.78 bits per heavy atom. The van der Waals surface area contributed by atoms with Crippen LogP contribution in [-0.4, -0.2) is 59.5 Å². The zero-order valence-corrected chi connectivity index (χ0v) is 30.2. The third-order valence-electron chi connectivity index (χ3n) is 9.70. The van der Waals surface area contributed by atoms with Gasteiger partial charge in [-0.05, 0) is 84.1 Å². The van der Waals surface area contributed by atoms with Crippen LogP contribution in [-0.2, 0) is 19.0 Å². The van der Waals surface area contributed by atoms with Crippen LogP contribution in [0.25, 0.3) is 28.0 Å². The first-order valence-electron chi connectivity index (χ1n) is 17.3. The number of carbonyl (C=O) groups excluding carboxylic acids is 1. The number of hydrogen-bond acceptors (Lipinski definition) is 7. The highest BCUT2D eigenvalue weighted by Gasteiger charge is 2.38. The topological polar surface area (TPSA) is 74.5 Å². The van der Waals surface area contributed by atoms with Gasteiger partial charge < -0.3 is 23.8 Å². The van der Waals surface area contributed by atoms with Crippen molar-refractivity contribution in [2.24, 2.45) is 0 Å². The molecule has 2 atom stereocenters. The average Bonchev–Trinajstić information content (AvgIpc) is 3.50. The molecule has 6 bridgehead atoms. The van der Waals surface area contributed by atoms with E-state index in [9.17, 15) is 9.18 Å². The molecular formula is C40H47F2N3O5. The SMILES string of the molecule is COC(=O)[C@@H](OC(C)(C)C)c1c(C)c(C)c2nc3cn2c1N1CCC(C)(CC1)OC/C=C\C[C@H](C)Oc1cc(F)cc(F)c1-c1cccc-3c1. The van der Waals surface area contributed by atoms with Crippen molar-refractivity contribution < 1.29 is 32.5 Å². The summed E-state index contributed by atoms with van der Waals surface area (Å²) in [5, 5.41) is 0. The molecule has 2 aromatic heterocycles. The first-order chi connectivity index (χ1) is 23.7. The van der Waals surface area contributed by atoms with Crippen LogP contribution >= 0.6 is 0 Å². The third-order valence-corrected chi connectivity index (χ3v) is 9.70. The van der Waals surface area contributed by atoms with Crippen LogP contribution in [0.3, 0.4) is 0 Å². The molecule has 7 rings (SSSR count). The van der Waals surface area contributed by atoms with E-state index in [1.165, 1.54) is 13.2 Å². The van der Waals surface area contributed by atoms with E-state index in [4.69, 9.17) is 23.9 Å². The monoisotopic (exact) mass is 687 g/mol. The summed E-state index contributed by atoms with van der Waals surface area (Å²) in [5.41, 5.74) is 4.34. The van der Waals surface area contributed by atoms with Crippen molar-refractivity contribution in [1.82, 2.24) is 9.38 Å². The number of imidazole rings is 1. The molecule has 3 aliphatic heterocycles. The molecule has 3 aliphatic rings. The molecule has 2 aromatic carbocycles. The highest BCUT2D eigenvalue weighted by Crippen LogP contribution is 2.42. The van der Waals surface area contributed by atoms with Gasteiger partial charge in [0.25, 0.3) is 0 Å². The molecular weight excluding hydrogens is 640 g/mol. The maximum atomic E-state index is 15.6. The predicted molar refractivity (Wildman–Crippen MR) is 191 cm³/mol. The van der Waals surface area contributed by atoms with Gasteiger partial charge in [-0.3, -0.25) is 4.40 Å². The Bertz CT molecular complexity index is 1940. The van der Waals surface area contributed by atoms with Gasteiger partial charge in [-0.2, -0.15) is 0 Å². The number of fused-ring (bicyclic) bond motifs is 7. The van der Waals surface area contributed by atoms with Crippen LogP contribution in [0.15, 0.2) is 54.7 Å². The summed E-state index contributed by atoms with van der Waals surface area (Å²) in [4.78, 5) is 20.9. The fourth-order valence-corrected chi connectivity index (χ4v) is 6.90. The molecule has 0 spiro atoms. The van der Waals surface area contributed by atoms with E-state index in [2.05, 4.69) is 11.8 Å². The van der Waals surface area contributed by atoms with Crippen molar-refractivity contribution in [2.45, 2.75) is 91.1 Å². The van der Waals surface area contributed by atoms with E-state index in [1.54, 1.807) is 6.07 Å². The molecule has 266 valence electrons. The molecule has 0 saturated carbocycles. The molecule has 4 aromatic rings. The number of hydrogen-bond donors (Lipinski definition) is 0. The van der Waals surface area contributed by atoms with Gasteiger partial charge in [-0.1, -0.05) is 30.4 Å². The summed E-state index contributed by atoms with van der Waals surface area (Å²) in [6.45, 7) is 15.5. The lowest BCUT2D eigenvalue weighted by Crippen LogP contribution is -2.45. The number of pyridine rings is 1. The zero-order valence-electron chi connectivity index (χ0n) is 30.2. The Hall–Kier alpha value is -4.28. The van der Waals surface area contributed by atoms with Gasteiger partial charge in [0.1, 0.15) is 28.8 Å². The maximum Gasteiger partial charge on any atom is 0.339 e. The van der Waals surface area contributed by atoms with Crippen molar-refractivity contribution in [1.29, 1.82) is 0 Å². The summed E-state index contributed by atoms with van der Waals surface area (Å²) < 4.78 is 56.5. The Kier molecular flexibility index (Phi) is 9.81. The first kappa shape index (κ1) is 35.5. The molecule has 8 nitrogen and oxygen atoms in total. The van der Waals surface area contributed by atoms with E-state index < -0.39 is 29.3 Å². The Balaban J connectivity index is 1.60. The van der Waals surface area contributed by atoms with Crippen LogP contribution in [0.4, 0.5) is 14.6 Å². The Morgan fingerprint density at radius 1 is 1.06 bits per heavy atom. The summed E-state index contributed by atoms with van der Waals surface area (Å²) in [6.07, 6.45) is 6.62. The van der Waals surface area contributed by atoms with Gasteiger partial charge in [-0.15, -0.1) is 0 Å². The van der Waals surface area contributed by atoms with Gasteiger partial charge in [0.15, 0.2) is 6.10 Å². The van der Waals surface area contributed by atoms with Crippen LogP contribution in [0.2, 0.25) is 0 Å². The lowest BCUT2D eigenvalue weighted by Gasteiger charge is -2.42. The molecule has 10 heteroatoms. The van der Waals surface area contributed by atoms with Gasteiger partial charge in [0.05, 0.1) is 42.3 Å². The Labute approximate surface area is 293 Å². The van der Waals surface area contributed by atoms with E-state index in [1.807, 2.05) is 82.5 Å². The first-order valence-corrected chi connectivity index (χ1v) is 17.3. The molecule has 0 radical (unpaired) electrons. The van der Waals surface area contributed by atoms with Crippen molar-refractivity contribution in [2.75, 3.05) is 31.7 Å².